The third kappa shape index (κ3) is 6.02. The number of likely N-dealkylation sites (tertiary alicyclic amines) is 1. The largest absolute Gasteiger partial charge is 0.388 e. The molecule has 0 aromatic carbocycles. The molecule has 3 aliphatic rings. The molecule has 2 saturated carbocycles. The van der Waals surface area contributed by atoms with Gasteiger partial charge in [0.2, 0.25) is 0 Å². The van der Waals surface area contributed by atoms with E-state index in [9.17, 15) is 5.11 Å². The Morgan fingerprint density at radius 2 is 1.79 bits per heavy atom. The summed E-state index contributed by atoms with van der Waals surface area (Å²) in [6.07, 6.45) is 10.5. The fraction of sp³-hybridized carbons (Fsp3) is 0.944. The van der Waals surface area contributed by atoms with Gasteiger partial charge in [-0.25, -0.2) is 0 Å². The lowest BCUT2D eigenvalue weighted by Gasteiger charge is -2.34. The average Bonchev–Trinajstić information content (AvgIpc) is 3.39. The van der Waals surface area contributed by atoms with Crippen molar-refractivity contribution in [3.63, 3.8) is 0 Å². The maximum Gasteiger partial charge on any atom is 0.191 e. The molecule has 2 aliphatic carbocycles. The molecule has 24 heavy (non-hydrogen) atoms. The molecule has 3 fully saturated rings. The molecule has 140 valence electrons. The van der Waals surface area contributed by atoms with Crippen LogP contribution < -0.4 is 10.6 Å². The van der Waals surface area contributed by atoms with Crippen molar-refractivity contribution in [3.8, 4) is 0 Å². The van der Waals surface area contributed by atoms with Crippen LogP contribution in [0.25, 0.3) is 0 Å². The van der Waals surface area contributed by atoms with E-state index in [4.69, 9.17) is 4.99 Å². The van der Waals surface area contributed by atoms with Gasteiger partial charge in [0.15, 0.2) is 5.96 Å². The van der Waals surface area contributed by atoms with Gasteiger partial charge in [0.1, 0.15) is 0 Å². The van der Waals surface area contributed by atoms with Gasteiger partial charge in [0.25, 0.3) is 0 Å². The van der Waals surface area contributed by atoms with Crippen molar-refractivity contribution in [2.45, 2.75) is 82.4 Å². The maximum atomic E-state index is 10.6. The molecule has 3 rings (SSSR count). The highest BCUT2D eigenvalue weighted by molar-refractivity contribution is 14.0. The van der Waals surface area contributed by atoms with E-state index in [0.29, 0.717) is 12.6 Å². The van der Waals surface area contributed by atoms with Gasteiger partial charge in [-0.3, -0.25) is 4.99 Å². The molecule has 5 nitrogen and oxygen atoms in total. The highest BCUT2D eigenvalue weighted by atomic mass is 127. The molecule has 3 N–H and O–H groups in total. The third-order valence-corrected chi connectivity index (χ3v) is 5.59. The maximum absolute atomic E-state index is 10.6. The standard InChI is InChI=1S/C18H34N4O.HI/c1-2-19-17(20-14-18(23)10-4-3-5-11-18)21-15-8-12-22(13-9-15)16-6-7-16;/h15-16,23H,2-14H2,1H3,(H2,19,20,21);1H. The Labute approximate surface area is 164 Å². The first-order chi connectivity index (χ1) is 11.2. The molecule has 6 heteroatoms. The molecule has 1 saturated heterocycles. The zero-order valence-corrected chi connectivity index (χ0v) is 17.4. The lowest BCUT2D eigenvalue weighted by atomic mass is 9.85. The van der Waals surface area contributed by atoms with Crippen LogP contribution in [0.1, 0.15) is 64.7 Å². The highest BCUT2D eigenvalue weighted by Crippen LogP contribution is 2.29. The molecule has 0 spiro atoms. The molecular formula is C18H35IN4O. The Kier molecular flexibility index (Phi) is 8.07. The second-order valence-electron chi connectivity index (χ2n) is 7.67. The average molecular weight is 450 g/mol. The number of rotatable bonds is 5. The van der Waals surface area contributed by atoms with Crippen LogP contribution in [0.3, 0.4) is 0 Å². The summed E-state index contributed by atoms with van der Waals surface area (Å²) >= 11 is 0. The van der Waals surface area contributed by atoms with Gasteiger partial charge in [0.05, 0.1) is 12.1 Å². The number of nitrogens with one attached hydrogen (secondary N) is 2. The van der Waals surface area contributed by atoms with Crippen molar-refractivity contribution in [3.05, 3.63) is 0 Å². The van der Waals surface area contributed by atoms with Crippen molar-refractivity contribution in [2.24, 2.45) is 4.99 Å². The molecular weight excluding hydrogens is 415 g/mol. The summed E-state index contributed by atoms with van der Waals surface area (Å²) in [5, 5.41) is 17.6. The van der Waals surface area contributed by atoms with Gasteiger partial charge in [-0.2, -0.15) is 0 Å². The fourth-order valence-corrected chi connectivity index (χ4v) is 3.96. The van der Waals surface area contributed by atoms with E-state index >= 15 is 0 Å². The molecule has 0 radical (unpaired) electrons. The number of piperidine rings is 1. The Balaban J connectivity index is 0.00000208. The van der Waals surface area contributed by atoms with Crippen molar-refractivity contribution in [1.82, 2.24) is 15.5 Å². The quantitative estimate of drug-likeness (QED) is 0.342. The minimum Gasteiger partial charge on any atom is -0.388 e. The minimum atomic E-state index is -0.573. The molecule has 1 aliphatic heterocycles. The van der Waals surface area contributed by atoms with Crippen molar-refractivity contribution in [2.75, 3.05) is 26.2 Å². The van der Waals surface area contributed by atoms with E-state index in [1.54, 1.807) is 0 Å². The third-order valence-electron chi connectivity index (χ3n) is 5.59. The predicted octanol–water partition coefficient (Wildman–Crippen LogP) is 2.48. The van der Waals surface area contributed by atoms with Crippen molar-refractivity contribution >= 4 is 29.9 Å². The summed E-state index contributed by atoms with van der Waals surface area (Å²) in [6.45, 7) is 5.92. The topological polar surface area (TPSA) is 59.9 Å². The summed E-state index contributed by atoms with van der Waals surface area (Å²) in [5.74, 6) is 0.886. The van der Waals surface area contributed by atoms with E-state index in [-0.39, 0.29) is 24.0 Å². The van der Waals surface area contributed by atoms with Gasteiger partial charge in [-0.15, -0.1) is 24.0 Å². The Morgan fingerprint density at radius 1 is 1.12 bits per heavy atom. The molecule has 0 atom stereocenters. The van der Waals surface area contributed by atoms with E-state index in [1.165, 1.54) is 45.2 Å². The van der Waals surface area contributed by atoms with Gasteiger partial charge in [-0.1, -0.05) is 19.3 Å². The first-order valence-corrected chi connectivity index (χ1v) is 9.70. The number of aliphatic imine (C=N–C) groups is 1. The second-order valence-corrected chi connectivity index (χ2v) is 7.67. The molecule has 0 amide bonds. The summed E-state index contributed by atoms with van der Waals surface area (Å²) < 4.78 is 0. The van der Waals surface area contributed by atoms with Crippen molar-refractivity contribution in [1.29, 1.82) is 0 Å². The second kappa shape index (κ2) is 9.57. The number of halogens is 1. The molecule has 0 aromatic rings. The van der Waals surface area contributed by atoms with Gasteiger partial charge < -0.3 is 20.6 Å². The van der Waals surface area contributed by atoms with E-state index in [0.717, 1.165) is 44.2 Å². The summed E-state index contributed by atoms with van der Waals surface area (Å²) in [4.78, 5) is 7.35. The van der Waals surface area contributed by atoms with Gasteiger partial charge >= 0.3 is 0 Å². The minimum absolute atomic E-state index is 0. The van der Waals surface area contributed by atoms with Crippen LogP contribution in [-0.4, -0.2) is 59.8 Å². The summed E-state index contributed by atoms with van der Waals surface area (Å²) in [5.41, 5.74) is -0.573. The van der Waals surface area contributed by atoms with Gasteiger partial charge in [0, 0.05) is 31.7 Å². The summed E-state index contributed by atoms with van der Waals surface area (Å²) in [7, 11) is 0. The van der Waals surface area contributed by atoms with E-state index in [1.807, 2.05) is 0 Å². The lowest BCUT2D eigenvalue weighted by molar-refractivity contribution is 0.0131. The Bertz CT molecular complexity index is 400. The first kappa shape index (κ1) is 20.2. The van der Waals surface area contributed by atoms with Crippen molar-refractivity contribution < 1.29 is 5.11 Å². The van der Waals surface area contributed by atoms with Crippen LogP contribution in [0.4, 0.5) is 0 Å². The molecule has 0 aromatic heterocycles. The van der Waals surface area contributed by atoms with Crippen LogP contribution in [0.5, 0.6) is 0 Å². The SMILES string of the molecule is CCNC(=NCC1(O)CCCCC1)NC1CCN(C2CC2)CC1.I. The predicted molar refractivity (Wildman–Crippen MR) is 110 cm³/mol. The highest BCUT2D eigenvalue weighted by Gasteiger charge is 2.32. The number of hydrogen-bond donors (Lipinski definition) is 3. The van der Waals surface area contributed by atoms with Gasteiger partial charge in [-0.05, 0) is 45.4 Å². The van der Waals surface area contributed by atoms with E-state index in [2.05, 4.69) is 22.5 Å². The van der Waals surface area contributed by atoms with Crippen LogP contribution in [-0.2, 0) is 0 Å². The van der Waals surface area contributed by atoms with Crippen LogP contribution in [0.2, 0.25) is 0 Å². The lowest BCUT2D eigenvalue weighted by Crippen LogP contribution is -2.49. The van der Waals surface area contributed by atoms with Crippen LogP contribution in [0, 0.1) is 0 Å². The number of aliphatic hydroxyl groups is 1. The van der Waals surface area contributed by atoms with Crippen LogP contribution in [0.15, 0.2) is 4.99 Å². The molecule has 0 bridgehead atoms. The van der Waals surface area contributed by atoms with Crippen LogP contribution >= 0.6 is 24.0 Å². The zero-order valence-electron chi connectivity index (χ0n) is 15.1. The molecule has 1 heterocycles. The number of nitrogens with zero attached hydrogens (tertiary/aromatic N) is 2. The monoisotopic (exact) mass is 450 g/mol. The first-order valence-electron chi connectivity index (χ1n) is 9.70. The molecule has 0 unspecified atom stereocenters. The van der Waals surface area contributed by atoms with E-state index < -0.39 is 5.60 Å². The number of hydrogen-bond acceptors (Lipinski definition) is 3. The normalized spacial score (nSPS) is 25.8. The number of guanidine groups is 1. The smallest absolute Gasteiger partial charge is 0.191 e. The Morgan fingerprint density at radius 3 is 2.38 bits per heavy atom. The summed E-state index contributed by atoms with van der Waals surface area (Å²) in [6, 6.07) is 1.40. The fourth-order valence-electron chi connectivity index (χ4n) is 3.96. The zero-order chi connectivity index (χ0) is 16.1. The Hall–Kier alpha value is -0.0800.